The number of carbonyl (C=O) groups excluding carboxylic acids is 1. The lowest BCUT2D eigenvalue weighted by atomic mass is 10.2. The molecule has 5 heteroatoms. The van der Waals surface area contributed by atoms with E-state index in [1.165, 1.54) is 18.9 Å². The van der Waals surface area contributed by atoms with Gasteiger partial charge in [0.05, 0.1) is 0 Å². The van der Waals surface area contributed by atoms with Gasteiger partial charge < -0.3 is 14.6 Å². The van der Waals surface area contributed by atoms with Gasteiger partial charge in [-0.05, 0) is 49.6 Å². The molecule has 0 aliphatic carbocycles. The van der Waals surface area contributed by atoms with E-state index in [0.29, 0.717) is 12.3 Å². The number of amides is 1. The topological polar surface area (TPSA) is 58.4 Å². The largest absolute Gasteiger partial charge is 0.462 e. The summed E-state index contributed by atoms with van der Waals surface area (Å²) >= 11 is 0. The zero-order valence-corrected chi connectivity index (χ0v) is 13.3. The summed E-state index contributed by atoms with van der Waals surface area (Å²) in [6.07, 6.45) is 7.44. The molecule has 1 amide bonds. The lowest BCUT2D eigenvalue weighted by molar-refractivity contribution is -0.116. The number of pyridine rings is 1. The standard InChI is InChI=1S/C18H21N3O2/c1-14-4-6-16(23-14)7-9-18(22)20-13-15-5-8-17(19-12-15)21-10-2-3-11-21/h4-9,12H,2-3,10-11,13H2,1H3,(H,20,22). The van der Waals surface area contributed by atoms with Crippen molar-refractivity contribution in [2.24, 2.45) is 0 Å². The van der Waals surface area contributed by atoms with Crippen LogP contribution in [0.1, 0.15) is 29.9 Å². The summed E-state index contributed by atoms with van der Waals surface area (Å²) in [6, 6.07) is 7.74. The number of aromatic nitrogens is 1. The van der Waals surface area contributed by atoms with Crippen molar-refractivity contribution in [1.29, 1.82) is 0 Å². The molecule has 0 bridgehead atoms. The molecule has 120 valence electrons. The predicted molar refractivity (Wildman–Crippen MR) is 90.0 cm³/mol. The summed E-state index contributed by atoms with van der Waals surface area (Å²) in [4.78, 5) is 18.6. The molecular weight excluding hydrogens is 290 g/mol. The van der Waals surface area contributed by atoms with Gasteiger partial charge in [-0.3, -0.25) is 4.79 Å². The Kier molecular flexibility index (Phi) is 4.76. The molecule has 1 N–H and O–H groups in total. The zero-order chi connectivity index (χ0) is 16.1. The zero-order valence-electron chi connectivity index (χ0n) is 13.3. The molecule has 1 aliphatic rings. The molecule has 0 atom stereocenters. The third-order valence-corrected chi connectivity index (χ3v) is 3.87. The Morgan fingerprint density at radius 1 is 1.30 bits per heavy atom. The average molecular weight is 311 g/mol. The van der Waals surface area contributed by atoms with E-state index in [1.807, 2.05) is 37.4 Å². The van der Waals surface area contributed by atoms with Crippen molar-refractivity contribution >= 4 is 17.8 Å². The molecule has 3 heterocycles. The van der Waals surface area contributed by atoms with Gasteiger partial charge in [0, 0.05) is 31.9 Å². The van der Waals surface area contributed by atoms with Crippen molar-refractivity contribution in [2.45, 2.75) is 26.3 Å². The van der Waals surface area contributed by atoms with Crippen molar-refractivity contribution in [2.75, 3.05) is 18.0 Å². The molecule has 2 aromatic heterocycles. The van der Waals surface area contributed by atoms with E-state index in [4.69, 9.17) is 4.42 Å². The Hall–Kier alpha value is -2.56. The molecule has 2 aromatic rings. The quantitative estimate of drug-likeness (QED) is 0.863. The maximum Gasteiger partial charge on any atom is 0.244 e. The Labute approximate surface area is 136 Å². The smallest absolute Gasteiger partial charge is 0.244 e. The minimum atomic E-state index is -0.150. The second-order valence-corrected chi connectivity index (χ2v) is 5.72. The fourth-order valence-corrected chi connectivity index (χ4v) is 2.60. The molecule has 5 nitrogen and oxygen atoms in total. The van der Waals surface area contributed by atoms with E-state index < -0.39 is 0 Å². The van der Waals surface area contributed by atoms with E-state index in [0.717, 1.165) is 30.2 Å². The molecule has 0 aromatic carbocycles. The third kappa shape index (κ3) is 4.22. The van der Waals surface area contributed by atoms with Crippen LogP contribution < -0.4 is 10.2 Å². The van der Waals surface area contributed by atoms with Crippen LogP contribution in [0.15, 0.2) is 41.0 Å². The van der Waals surface area contributed by atoms with Crippen LogP contribution in [0.2, 0.25) is 0 Å². The molecule has 0 spiro atoms. The second-order valence-electron chi connectivity index (χ2n) is 5.72. The van der Waals surface area contributed by atoms with Crippen LogP contribution in [0.4, 0.5) is 5.82 Å². The lowest BCUT2D eigenvalue weighted by Gasteiger charge is -2.16. The number of hydrogen-bond donors (Lipinski definition) is 1. The number of rotatable bonds is 5. The number of aryl methyl sites for hydroxylation is 1. The van der Waals surface area contributed by atoms with Gasteiger partial charge in [0.15, 0.2) is 0 Å². The number of nitrogens with zero attached hydrogens (tertiary/aromatic N) is 2. The highest BCUT2D eigenvalue weighted by Crippen LogP contribution is 2.17. The Bertz CT molecular complexity index is 683. The summed E-state index contributed by atoms with van der Waals surface area (Å²) in [6.45, 7) is 4.50. The minimum Gasteiger partial charge on any atom is -0.462 e. The summed E-state index contributed by atoms with van der Waals surface area (Å²) in [5, 5.41) is 2.84. The summed E-state index contributed by atoms with van der Waals surface area (Å²) in [5.74, 6) is 2.37. The highest BCUT2D eigenvalue weighted by molar-refractivity contribution is 5.91. The van der Waals surface area contributed by atoms with E-state index in [9.17, 15) is 4.79 Å². The number of anilines is 1. The maximum absolute atomic E-state index is 11.8. The second kappa shape index (κ2) is 7.13. The van der Waals surface area contributed by atoms with Crippen LogP contribution in [0.25, 0.3) is 6.08 Å². The van der Waals surface area contributed by atoms with Gasteiger partial charge in [0.2, 0.25) is 5.91 Å². The van der Waals surface area contributed by atoms with Crippen LogP contribution in [-0.2, 0) is 11.3 Å². The number of carbonyl (C=O) groups is 1. The van der Waals surface area contributed by atoms with Crippen LogP contribution in [0.3, 0.4) is 0 Å². The molecule has 1 aliphatic heterocycles. The highest BCUT2D eigenvalue weighted by Gasteiger charge is 2.12. The first-order valence-electron chi connectivity index (χ1n) is 7.93. The van der Waals surface area contributed by atoms with Gasteiger partial charge in [0.1, 0.15) is 17.3 Å². The van der Waals surface area contributed by atoms with Crippen LogP contribution >= 0.6 is 0 Å². The molecule has 23 heavy (non-hydrogen) atoms. The van der Waals surface area contributed by atoms with Crippen LogP contribution in [0.5, 0.6) is 0 Å². The Morgan fingerprint density at radius 2 is 2.13 bits per heavy atom. The van der Waals surface area contributed by atoms with E-state index in [-0.39, 0.29) is 5.91 Å². The number of nitrogens with one attached hydrogen (secondary N) is 1. The van der Waals surface area contributed by atoms with Crippen LogP contribution in [-0.4, -0.2) is 24.0 Å². The van der Waals surface area contributed by atoms with Gasteiger partial charge in [-0.15, -0.1) is 0 Å². The average Bonchev–Trinajstić information content (AvgIpc) is 3.23. The first-order valence-corrected chi connectivity index (χ1v) is 7.93. The van der Waals surface area contributed by atoms with Gasteiger partial charge in [0.25, 0.3) is 0 Å². The minimum absolute atomic E-state index is 0.150. The number of furan rings is 1. The fraction of sp³-hybridized carbons (Fsp3) is 0.333. The number of hydrogen-bond acceptors (Lipinski definition) is 4. The Balaban J connectivity index is 1.49. The predicted octanol–water partition coefficient (Wildman–Crippen LogP) is 2.91. The van der Waals surface area contributed by atoms with Crippen molar-refractivity contribution in [1.82, 2.24) is 10.3 Å². The SMILES string of the molecule is Cc1ccc(C=CC(=O)NCc2ccc(N3CCCC3)nc2)o1. The molecule has 1 fully saturated rings. The van der Waals surface area contributed by atoms with E-state index >= 15 is 0 Å². The normalized spacial score (nSPS) is 14.6. The molecule has 3 rings (SSSR count). The molecule has 0 unspecified atom stereocenters. The fourth-order valence-electron chi connectivity index (χ4n) is 2.60. The molecule has 0 saturated carbocycles. The van der Waals surface area contributed by atoms with Gasteiger partial charge in [-0.25, -0.2) is 4.98 Å². The summed E-state index contributed by atoms with van der Waals surface area (Å²) in [5.41, 5.74) is 0.989. The van der Waals surface area contributed by atoms with Crippen molar-refractivity contribution in [3.05, 3.63) is 53.6 Å². The molecular formula is C18H21N3O2. The van der Waals surface area contributed by atoms with Crippen molar-refractivity contribution in [3.8, 4) is 0 Å². The third-order valence-electron chi connectivity index (χ3n) is 3.87. The van der Waals surface area contributed by atoms with E-state index in [1.54, 1.807) is 6.08 Å². The van der Waals surface area contributed by atoms with Gasteiger partial charge in [-0.2, -0.15) is 0 Å². The molecule has 1 saturated heterocycles. The lowest BCUT2D eigenvalue weighted by Crippen LogP contribution is -2.21. The van der Waals surface area contributed by atoms with Crippen molar-refractivity contribution < 1.29 is 9.21 Å². The summed E-state index contributed by atoms with van der Waals surface area (Å²) < 4.78 is 5.38. The Morgan fingerprint density at radius 3 is 2.78 bits per heavy atom. The monoisotopic (exact) mass is 311 g/mol. The summed E-state index contributed by atoms with van der Waals surface area (Å²) in [7, 11) is 0. The highest BCUT2D eigenvalue weighted by atomic mass is 16.3. The first-order chi connectivity index (χ1) is 11.2. The molecule has 0 radical (unpaired) electrons. The maximum atomic E-state index is 11.8. The van der Waals surface area contributed by atoms with Gasteiger partial charge >= 0.3 is 0 Å². The first kappa shape index (κ1) is 15.3. The van der Waals surface area contributed by atoms with Crippen LogP contribution in [0, 0.1) is 6.92 Å². The van der Waals surface area contributed by atoms with Gasteiger partial charge in [-0.1, -0.05) is 6.07 Å². The van der Waals surface area contributed by atoms with Crippen molar-refractivity contribution in [3.63, 3.8) is 0 Å². The van der Waals surface area contributed by atoms with E-state index in [2.05, 4.69) is 15.2 Å².